The zero-order valence-corrected chi connectivity index (χ0v) is 20.1. The third-order valence-electron chi connectivity index (χ3n) is 6.11. The number of amides is 2. The molecule has 0 saturated heterocycles. The van der Waals surface area contributed by atoms with Gasteiger partial charge in [-0.05, 0) is 50.3 Å². The molecular weight excluding hydrogens is 418 g/mol. The van der Waals surface area contributed by atoms with Crippen LogP contribution in [0.15, 0.2) is 42.5 Å². The summed E-state index contributed by atoms with van der Waals surface area (Å²) >= 11 is 0. The Morgan fingerprint density at radius 3 is 2.61 bits per heavy atom. The minimum absolute atomic E-state index is 0.0121. The second-order valence-electron chi connectivity index (χ2n) is 8.63. The monoisotopic (exact) mass is 453 g/mol. The average molecular weight is 454 g/mol. The van der Waals surface area contributed by atoms with Gasteiger partial charge >= 0.3 is 0 Å². The lowest BCUT2D eigenvalue weighted by Gasteiger charge is -2.34. The number of aromatic nitrogens is 1. The number of methoxy groups -OCH3 is 1. The van der Waals surface area contributed by atoms with Gasteiger partial charge in [0.25, 0.3) is 11.8 Å². The number of fused-ring (bicyclic) bond motifs is 1. The van der Waals surface area contributed by atoms with E-state index in [4.69, 9.17) is 9.47 Å². The van der Waals surface area contributed by atoms with Crippen LogP contribution in [0.1, 0.15) is 60.9 Å². The molecule has 1 aliphatic rings. The summed E-state index contributed by atoms with van der Waals surface area (Å²) in [5.41, 5.74) is 0.922. The fourth-order valence-electron chi connectivity index (χ4n) is 4.13. The lowest BCUT2D eigenvalue weighted by atomic mass is 10.0. The van der Waals surface area contributed by atoms with Crippen LogP contribution in [0.4, 0.5) is 0 Å². The maximum atomic E-state index is 13.6. The first kappa shape index (κ1) is 24.6. The smallest absolute Gasteiger partial charge is 0.272 e. The van der Waals surface area contributed by atoms with Crippen molar-refractivity contribution in [1.29, 1.82) is 0 Å². The highest BCUT2D eigenvalue weighted by Crippen LogP contribution is 2.24. The first-order valence-electron chi connectivity index (χ1n) is 11.8. The fourth-order valence-corrected chi connectivity index (χ4v) is 4.13. The van der Waals surface area contributed by atoms with E-state index in [1.165, 1.54) is 0 Å². The minimum atomic E-state index is -0.170. The number of pyridine rings is 1. The maximum Gasteiger partial charge on any atom is 0.272 e. The predicted octanol–water partition coefficient (Wildman–Crippen LogP) is 4.28. The standard InChI is InChI=1S/C26H35N3O4/c1-5-28-16-9-6-10-17-29(26(31)21-13-11-15-24(27-21)32-4)22(19(2)3)18-33-23-14-8-7-12-20(23)25(28)30/h7-8,11-15,19,22H,5-6,9-10,16-18H2,1-4H3/t22-/m1/s1. The topological polar surface area (TPSA) is 72.0 Å². The van der Waals surface area contributed by atoms with Crippen molar-refractivity contribution in [1.82, 2.24) is 14.8 Å². The molecule has 7 heteroatoms. The van der Waals surface area contributed by atoms with Gasteiger partial charge in [0.1, 0.15) is 18.1 Å². The van der Waals surface area contributed by atoms with Gasteiger partial charge in [-0.2, -0.15) is 0 Å². The quantitative estimate of drug-likeness (QED) is 0.691. The number of hydrogen-bond acceptors (Lipinski definition) is 5. The number of rotatable bonds is 4. The molecule has 1 aromatic heterocycles. The highest BCUT2D eigenvalue weighted by Gasteiger charge is 2.30. The summed E-state index contributed by atoms with van der Waals surface area (Å²) in [4.78, 5) is 34.8. The van der Waals surface area contributed by atoms with Gasteiger partial charge in [-0.15, -0.1) is 0 Å². The molecule has 178 valence electrons. The number of nitrogens with zero attached hydrogens (tertiary/aromatic N) is 3. The van der Waals surface area contributed by atoms with Crippen molar-refractivity contribution >= 4 is 11.8 Å². The molecule has 0 saturated carbocycles. The molecule has 0 N–H and O–H groups in total. The second-order valence-corrected chi connectivity index (χ2v) is 8.63. The van der Waals surface area contributed by atoms with E-state index >= 15 is 0 Å². The van der Waals surface area contributed by atoms with Crippen LogP contribution in [0.3, 0.4) is 0 Å². The maximum absolute atomic E-state index is 13.6. The van der Waals surface area contributed by atoms with Gasteiger partial charge in [0.2, 0.25) is 5.88 Å². The van der Waals surface area contributed by atoms with Crippen LogP contribution in [-0.2, 0) is 0 Å². The molecular formula is C26H35N3O4. The van der Waals surface area contributed by atoms with Crippen LogP contribution in [0.5, 0.6) is 11.6 Å². The summed E-state index contributed by atoms with van der Waals surface area (Å²) in [6.07, 6.45) is 2.65. The SMILES string of the molecule is CCN1CCCCCN(C(=O)c2cccc(OC)n2)[C@@H](C(C)C)COc2ccccc2C1=O. The van der Waals surface area contributed by atoms with E-state index in [-0.39, 0.29) is 23.8 Å². The van der Waals surface area contributed by atoms with Crippen LogP contribution >= 0.6 is 0 Å². The summed E-state index contributed by atoms with van der Waals surface area (Å²) in [7, 11) is 1.54. The molecule has 0 spiro atoms. The molecule has 7 nitrogen and oxygen atoms in total. The number of carbonyl (C=O) groups is 2. The molecule has 2 heterocycles. The van der Waals surface area contributed by atoms with Gasteiger partial charge in [0.15, 0.2) is 0 Å². The van der Waals surface area contributed by atoms with Crippen LogP contribution < -0.4 is 9.47 Å². The third-order valence-corrected chi connectivity index (χ3v) is 6.11. The normalized spacial score (nSPS) is 18.0. The number of hydrogen-bond donors (Lipinski definition) is 0. The molecule has 0 radical (unpaired) electrons. The molecule has 1 aliphatic heterocycles. The Bertz CT molecular complexity index is 947. The lowest BCUT2D eigenvalue weighted by Crippen LogP contribution is -2.47. The first-order valence-corrected chi connectivity index (χ1v) is 11.8. The van der Waals surface area contributed by atoms with Crippen molar-refractivity contribution in [3.05, 3.63) is 53.7 Å². The van der Waals surface area contributed by atoms with E-state index in [1.807, 2.05) is 41.0 Å². The molecule has 2 amide bonds. The number of para-hydroxylation sites is 1. The van der Waals surface area contributed by atoms with Gasteiger partial charge in [0.05, 0.1) is 18.7 Å². The lowest BCUT2D eigenvalue weighted by molar-refractivity contribution is 0.0521. The average Bonchev–Trinajstić information content (AvgIpc) is 2.85. The largest absolute Gasteiger partial charge is 0.491 e. The van der Waals surface area contributed by atoms with E-state index in [2.05, 4.69) is 18.8 Å². The Morgan fingerprint density at radius 1 is 1.12 bits per heavy atom. The van der Waals surface area contributed by atoms with E-state index in [9.17, 15) is 9.59 Å². The molecule has 0 aliphatic carbocycles. The zero-order valence-electron chi connectivity index (χ0n) is 20.1. The van der Waals surface area contributed by atoms with E-state index < -0.39 is 0 Å². The van der Waals surface area contributed by atoms with Gasteiger partial charge in [-0.25, -0.2) is 4.98 Å². The summed E-state index contributed by atoms with van der Waals surface area (Å²) in [6, 6.07) is 12.4. The summed E-state index contributed by atoms with van der Waals surface area (Å²) in [6.45, 7) is 8.39. The molecule has 3 rings (SSSR count). The van der Waals surface area contributed by atoms with Crippen molar-refractivity contribution in [3.63, 3.8) is 0 Å². The van der Waals surface area contributed by atoms with Crippen LogP contribution in [0, 0.1) is 5.92 Å². The Morgan fingerprint density at radius 2 is 1.88 bits per heavy atom. The molecule has 1 atom stereocenters. The van der Waals surface area contributed by atoms with E-state index in [1.54, 1.807) is 25.3 Å². The van der Waals surface area contributed by atoms with Crippen LogP contribution in [0.25, 0.3) is 0 Å². The van der Waals surface area contributed by atoms with Crippen molar-refractivity contribution in [2.24, 2.45) is 5.92 Å². The van der Waals surface area contributed by atoms with Gasteiger partial charge in [-0.3, -0.25) is 9.59 Å². The molecule has 2 aromatic rings. The summed E-state index contributed by atoms with van der Waals surface area (Å²) in [5.74, 6) is 0.973. The molecule has 1 aromatic carbocycles. The minimum Gasteiger partial charge on any atom is -0.491 e. The van der Waals surface area contributed by atoms with E-state index in [0.29, 0.717) is 49.1 Å². The van der Waals surface area contributed by atoms with Crippen LogP contribution in [0.2, 0.25) is 0 Å². The molecule has 33 heavy (non-hydrogen) atoms. The third kappa shape index (κ3) is 6.03. The zero-order chi connectivity index (χ0) is 23.8. The first-order chi connectivity index (χ1) is 16.0. The number of carbonyl (C=O) groups excluding carboxylic acids is 2. The Labute approximate surface area is 196 Å². The summed E-state index contributed by atoms with van der Waals surface area (Å²) < 4.78 is 11.4. The summed E-state index contributed by atoms with van der Waals surface area (Å²) in [5, 5.41) is 0. The molecule has 0 fully saturated rings. The molecule has 0 unspecified atom stereocenters. The highest BCUT2D eigenvalue weighted by molar-refractivity contribution is 5.97. The number of benzene rings is 1. The Kier molecular flexibility index (Phi) is 8.69. The predicted molar refractivity (Wildman–Crippen MR) is 128 cm³/mol. The number of ether oxygens (including phenoxy) is 2. The van der Waals surface area contributed by atoms with Crippen molar-refractivity contribution < 1.29 is 19.1 Å². The van der Waals surface area contributed by atoms with Crippen molar-refractivity contribution in [2.45, 2.75) is 46.1 Å². The van der Waals surface area contributed by atoms with E-state index in [0.717, 1.165) is 19.3 Å². The second kappa shape index (κ2) is 11.7. The van der Waals surface area contributed by atoms with Gasteiger partial charge < -0.3 is 19.3 Å². The van der Waals surface area contributed by atoms with Crippen molar-refractivity contribution in [3.8, 4) is 11.6 Å². The Hall–Kier alpha value is -3.09. The Balaban J connectivity index is 1.94. The molecule has 0 bridgehead atoms. The fraction of sp³-hybridized carbons (Fsp3) is 0.500. The van der Waals surface area contributed by atoms with Crippen LogP contribution in [-0.4, -0.2) is 66.0 Å². The van der Waals surface area contributed by atoms with Gasteiger partial charge in [0, 0.05) is 25.7 Å². The van der Waals surface area contributed by atoms with Crippen molar-refractivity contribution in [2.75, 3.05) is 33.4 Å². The van der Waals surface area contributed by atoms with Gasteiger partial charge in [-0.1, -0.05) is 32.0 Å². The highest BCUT2D eigenvalue weighted by atomic mass is 16.5.